The summed E-state index contributed by atoms with van der Waals surface area (Å²) in [4.78, 5) is 2.71. The fraction of sp³-hybridized carbons (Fsp3) is 1.00. The molecule has 17 heavy (non-hydrogen) atoms. The van der Waals surface area contributed by atoms with Crippen molar-refractivity contribution in [3.05, 3.63) is 0 Å². The maximum atomic E-state index is 3.79. The normalized spacial score (nSPS) is 26.1. The second-order valence-electron chi connectivity index (χ2n) is 5.39. The molecule has 0 amide bonds. The Morgan fingerprint density at radius 1 is 1.00 bits per heavy atom. The Hall–Kier alpha value is -0.0800. The highest BCUT2D eigenvalue weighted by molar-refractivity contribution is 4.86. The second-order valence-corrected chi connectivity index (χ2v) is 5.39. The summed E-state index contributed by atoms with van der Waals surface area (Å²) in [6.07, 6.45) is 9.59. The van der Waals surface area contributed by atoms with Gasteiger partial charge in [-0.3, -0.25) is 4.90 Å². The van der Waals surface area contributed by atoms with Gasteiger partial charge in [0.1, 0.15) is 0 Å². The summed E-state index contributed by atoms with van der Waals surface area (Å²) in [5.41, 5.74) is 0. The molecule has 0 aromatic rings. The molecule has 2 nitrogen and oxygen atoms in total. The lowest BCUT2D eigenvalue weighted by Crippen LogP contribution is -2.50. The second kappa shape index (κ2) is 8.93. The van der Waals surface area contributed by atoms with Crippen LogP contribution >= 0.6 is 0 Å². The first kappa shape index (κ1) is 15.0. The first-order valence-electron chi connectivity index (χ1n) is 7.80. The molecular weight excluding hydrogens is 208 g/mol. The zero-order chi connectivity index (χ0) is 12.5. The zero-order valence-corrected chi connectivity index (χ0v) is 12.2. The Morgan fingerprint density at radius 3 is 2.41 bits per heavy atom. The van der Waals surface area contributed by atoms with E-state index in [4.69, 9.17) is 0 Å². The third-order valence-electron chi connectivity index (χ3n) is 4.02. The van der Waals surface area contributed by atoms with Gasteiger partial charge in [0.05, 0.1) is 0 Å². The van der Waals surface area contributed by atoms with Crippen molar-refractivity contribution in [2.45, 2.75) is 77.8 Å². The van der Waals surface area contributed by atoms with Gasteiger partial charge in [-0.25, -0.2) is 0 Å². The highest BCUT2D eigenvalue weighted by Gasteiger charge is 2.26. The molecule has 1 saturated carbocycles. The minimum absolute atomic E-state index is 0.740. The van der Waals surface area contributed by atoms with E-state index in [1.54, 1.807) is 0 Å². The average Bonchev–Trinajstić information content (AvgIpc) is 2.58. The number of hydrogen-bond donors (Lipinski definition) is 1. The monoisotopic (exact) mass is 240 g/mol. The Balaban J connectivity index is 2.58. The van der Waals surface area contributed by atoms with Crippen molar-refractivity contribution in [2.24, 2.45) is 0 Å². The van der Waals surface area contributed by atoms with Gasteiger partial charge in [0.15, 0.2) is 0 Å². The van der Waals surface area contributed by atoms with Crippen LogP contribution in [0.2, 0.25) is 0 Å². The first-order valence-corrected chi connectivity index (χ1v) is 7.80. The molecular formula is C15H32N2. The molecule has 0 saturated heterocycles. The van der Waals surface area contributed by atoms with E-state index in [9.17, 15) is 0 Å². The number of rotatable bonds is 7. The molecule has 0 aliphatic heterocycles. The maximum absolute atomic E-state index is 3.79. The molecule has 1 aliphatic carbocycles. The molecule has 0 radical (unpaired) electrons. The smallest absolute Gasteiger partial charge is 0.0249 e. The fourth-order valence-corrected chi connectivity index (χ4v) is 3.14. The number of hydrogen-bond acceptors (Lipinski definition) is 2. The Kier molecular flexibility index (Phi) is 7.87. The van der Waals surface area contributed by atoms with Gasteiger partial charge >= 0.3 is 0 Å². The molecule has 0 heterocycles. The van der Waals surface area contributed by atoms with E-state index in [2.05, 4.69) is 31.0 Å². The molecule has 1 rings (SSSR count). The molecule has 1 aliphatic rings. The molecule has 2 unspecified atom stereocenters. The molecule has 2 atom stereocenters. The van der Waals surface area contributed by atoms with Crippen LogP contribution < -0.4 is 5.32 Å². The predicted octanol–water partition coefficient (Wildman–Crippen LogP) is 3.42. The zero-order valence-electron chi connectivity index (χ0n) is 12.2. The molecule has 2 heteroatoms. The summed E-state index contributed by atoms with van der Waals surface area (Å²) >= 11 is 0. The summed E-state index contributed by atoms with van der Waals surface area (Å²) < 4.78 is 0. The van der Waals surface area contributed by atoms with Crippen molar-refractivity contribution < 1.29 is 0 Å². The van der Waals surface area contributed by atoms with E-state index >= 15 is 0 Å². The summed E-state index contributed by atoms with van der Waals surface area (Å²) in [6, 6.07) is 1.53. The highest BCUT2D eigenvalue weighted by Crippen LogP contribution is 2.22. The lowest BCUT2D eigenvalue weighted by atomic mass is 10.0. The van der Waals surface area contributed by atoms with Crippen LogP contribution in [0.1, 0.15) is 65.7 Å². The molecule has 0 bridgehead atoms. The standard InChI is InChI=1S/C15H32N2/c1-4-12-16-14-10-8-7-9-11-15(14)17(6-3)13-5-2/h14-16H,4-13H2,1-3H3. The topological polar surface area (TPSA) is 15.3 Å². The molecule has 0 aromatic carbocycles. The van der Waals surface area contributed by atoms with Gasteiger partial charge in [-0.15, -0.1) is 0 Å². The molecule has 0 aromatic heterocycles. The van der Waals surface area contributed by atoms with E-state index in [1.807, 2.05) is 0 Å². The predicted molar refractivity (Wildman–Crippen MR) is 76.5 cm³/mol. The van der Waals surface area contributed by atoms with Crippen LogP contribution in [0, 0.1) is 0 Å². The Morgan fingerprint density at radius 2 is 1.76 bits per heavy atom. The average molecular weight is 240 g/mol. The summed E-state index contributed by atoms with van der Waals surface area (Å²) in [7, 11) is 0. The van der Waals surface area contributed by atoms with Crippen molar-refractivity contribution in [3.63, 3.8) is 0 Å². The molecule has 0 spiro atoms. The minimum Gasteiger partial charge on any atom is -0.312 e. The lowest BCUT2D eigenvalue weighted by Gasteiger charge is -2.36. The maximum Gasteiger partial charge on any atom is 0.0249 e. The molecule has 1 N–H and O–H groups in total. The Bertz CT molecular complexity index is 182. The van der Waals surface area contributed by atoms with Crippen LogP contribution in [0.5, 0.6) is 0 Å². The van der Waals surface area contributed by atoms with E-state index in [0.29, 0.717) is 0 Å². The largest absolute Gasteiger partial charge is 0.312 e. The fourth-order valence-electron chi connectivity index (χ4n) is 3.14. The van der Waals surface area contributed by atoms with Gasteiger partial charge in [-0.05, 0) is 45.3 Å². The number of likely N-dealkylation sites (N-methyl/N-ethyl adjacent to an activating group) is 1. The van der Waals surface area contributed by atoms with Crippen LogP contribution in [0.25, 0.3) is 0 Å². The van der Waals surface area contributed by atoms with E-state index in [0.717, 1.165) is 12.1 Å². The van der Waals surface area contributed by atoms with Crippen molar-refractivity contribution in [3.8, 4) is 0 Å². The minimum atomic E-state index is 0.740. The highest BCUT2D eigenvalue weighted by atomic mass is 15.2. The van der Waals surface area contributed by atoms with Gasteiger partial charge in [0.2, 0.25) is 0 Å². The van der Waals surface area contributed by atoms with Crippen molar-refractivity contribution in [1.29, 1.82) is 0 Å². The SMILES string of the molecule is CCCNC1CCCCCC1N(CC)CCC. The third kappa shape index (κ3) is 4.97. The van der Waals surface area contributed by atoms with E-state index < -0.39 is 0 Å². The van der Waals surface area contributed by atoms with Crippen LogP contribution in [0.4, 0.5) is 0 Å². The van der Waals surface area contributed by atoms with Crippen LogP contribution in [0.15, 0.2) is 0 Å². The van der Waals surface area contributed by atoms with E-state index in [-0.39, 0.29) is 0 Å². The summed E-state index contributed by atoms with van der Waals surface area (Å²) in [5, 5.41) is 3.79. The Labute approximate surface area is 108 Å². The van der Waals surface area contributed by atoms with Gasteiger partial charge in [-0.1, -0.05) is 40.0 Å². The molecule has 1 fully saturated rings. The van der Waals surface area contributed by atoms with Crippen LogP contribution in [0.3, 0.4) is 0 Å². The van der Waals surface area contributed by atoms with Gasteiger partial charge < -0.3 is 5.32 Å². The van der Waals surface area contributed by atoms with E-state index in [1.165, 1.54) is 64.6 Å². The summed E-state index contributed by atoms with van der Waals surface area (Å²) in [5.74, 6) is 0. The van der Waals surface area contributed by atoms with Crippen molar-refractivity contribution >= 4 is 0 Å². The quantitative estimate of drug-likeness (QED) is 0.686. The number of nitrogens with zero attached hydrogens (tertiary/aromatic N) is 1. The first-order chi connectivity index (χ1) is 8.33. The van der Waals surface area contributed by atoms with Crippen LogP contribution in [-0.4, -0.2) is 36.6 Å². The van der Waals surface area contributed by atoms with Gasteiger partial charge in [-0.2, -0.15) is 0 Å². The van der Waals surface area contributed by atoms with Crippen molar-refractivity contribution in [2.75, 3.05) is 19.6 Å². The summed E-state index contributed by atoms with van der Waals surface area (Å²) in [6.45, 7) is 10.5. The van der Waals surface area contributed by atoms with Gasteiger partial charge in [0, 0.05) is 12.1 Å². The van der Waals surface area contributed by atoms with Gasteiger partial charge in [0.25, 0.3) is 0 Å². The lowest BCUT2D eigenvalue weighted by molar-refractivity contribution is 0.155. The third-order valence-corrected chi connectivity index (χ3v) is 4.02. The number of nitrogens with one attached hydrogen (secondary N) is 1. The van der Waals surface area contributed by atoms with Crippen molar-refractivity contribution in [1.82, 2.24) is 10.2 Å². The molecule has 102 valence electrons. The van der Waals surface area contributed by atoms with Crippen LogP contribution in [-0.2, 0) is 0 Å².